The first kappa shape index (κ1) is 21.0. The van der Waals surface area contributed by atoms with Gasteiger partial charge in [0, 0.05) is 30.3 Å². The molecular weight excluding hydrogens is 440 g/mol. The van der Waals surface area contributed by atoms with Gasteiger partial charge in [-0.05, 0) is 74.2 Å². The van der Waals surface area contributed by atoms with Crippen molar-refractivity contribution in [2.45, 2.75) is 31.6 Å². The number of hydrogen-bond donors (Lipinski definition) is 0. The Morgan fingerprint density at radius 1 is 1.11 bits per heavy atom. The maximum absolute atomic E-state index is 13.0. The lowest BCUT2D eigenvalue weighted by molar-refractivity contribution is -0.123. The molecule has 0 aliphatic carbocycles. The van der Waals surface area contributed by atoms with E-state index in [1.54, 1.807) is 36.2 Å². The second-order valence-corrected chi connectivity index (χ2v) is 10.2. The monoisotopic (exact) mass is 464 g/mol. The van der Waals surface area contributed by atoms with Crippen molar-refractivity contribution in [3.63, 3.8) is 0 Å². The summed E-state index contributed by atoms with van der Waals surface area (Å²) in [6, 6.07) is 12.5. The summed E-state index contributed by atoms with van der Waals surface area (Å²) in [7, 11) is -1.85. The summed E-state index contributed by atoms with van der Waals surface area (Å²) in [6.45, 7) is 4.71. The number of carbonyl (C=O) groups is 1. The third-order valence-electron chi connectivity index (χ3n) is 5.39. The molecule has 1 fully saturated rings. The van der Waals surface area contributed by atoms with Crippen LogP contribution < -0.4 is 4.90 Å². The average Bonchev–Trinajstić information content (AvgIpc) is 2.69. The normalized spacial score (nSPS) is 18.1. The predicted octanol–water partition coefficient (Wildman–Crippen LogP) is 4.13. The number of anilines is 1. The number of nitrogens with zero attached hydrogens (tertiary/aromatic N) is 2. The maximum atomic E-state index is 13.0. The van der Waals surface area contributed by atoms with Gasteiger partial charge < -0.3 is 4.90 Å². The van der Waals surface area contributed by atoms with Crippen LogP contribution in [0.3, 0.4) is 0 Å². The predicted molar refractivity (Wildman–Crippen MR) is 115 cm³/mol. The van der Waals surface area contributed by atoms with Crippen LogP contribution in [-0.4, -0.2) is 38.8 Å². The Hall–Kier alpha value is -1.70. The molecule has 0 radical (unpaired) electrons. The number of amides is 1. The molecule has 3 rings (SSSR count). The van der Waals surface area contributed by atoms with Gasteiger partial charge in [-0.3, -0.25) is 4.79 Å². The fourth-order valence-electron chi connectivity index (χ4n) is 3.45. The number of halogens is 1. The summed E-state index contributed by atoms with van der Waals surface area (Å²) in [5.41, 5.74) is 3.13. The van der Waals surface area contributed by atoms with E-state index >= 15 is 0 Å². The summed E-state index contributed by atoms with van der Waals surface area (Å²) >= 11 is 3.33. The number of hydrogen-bond acceptors (Lipinski definition) is 3. The minimum Gasteiger partial charge on any atom is -0.315 e. The number of aryl methyl sites for hydroxylation is 2. The molecule has 1 heterocycles. The molecule has 0 aromatic heterocycles. The van der Waals surface area contributed by atoms with E-state index in [0.29, 0.717) is 19.4 Å². The van der Waals surface area contributed by atoms with Gasteiger partial charge in [0.2, 0.25) is 15.9 Å². The molecular formula is C21H25BrN2O3S. The van der Waals surface area contributed by atoms with E-state index < -0.39 is 10.0 Å². The van der Waals surface area contributed by atoms with Crippen molar-refractivity contribution in [1.29, 1.82) is 0 Å². The highest BCUT2D eigenvalue weighted by atomic mass is 79.9. The van der Waals surface area contributed by atoms with Crippen molar-refractivity contribution in [1.82, 2.24) is 4.31 Å². The SMILES string of the molecule is Cc1ccc(N(C)C(=O)C2CCCN(S(=O)(=O)c3ccc(Br)cc3)C2)cc1C. The fourth-order valence-corrected chi connectivity index (χ4v) is 5.24. The Labute approximate surface area is 175 Å². The maximum Gasteiger partial charge on any atom is 0.243 e. The van der Waals surface area contributed by atoms with Crippen LogP contribution in [0.5, 0.6) is 0 Å². The zero-order valence-electron chi connectivity index (χ0n) is 16.4. The highest BCUT2D eigenvalue weighted by Crippen LogP contribution is 2.27. The Morgan fingerprint density at radius 3 is 2.43 bits per heavy atom. The highest BCUT2D eigenvalue weighted by molar-refractivity contribution is 9.10. The first-order chi connectivity index (χ1) is 13.2. The van der Waals surface area contributed by atoms with Gasteiger partial charge >= 0.3 is 0 Å². The van der Waals surface area contributed by atoms with Gasteiger partial charge in [-0.15, -0.1) is 0 Å². The van der Waals surface area contributed by atoms with E-state index in [1.165, 1.54) is 9.87 Å². The van der Waals surface area contributed by atoms with Crippen molar-refractivity contribution in [3.05, 3.63) is 58.1 Å². The summed E-state index contributed by atoms with van der Waals surface area (Å²) in [5.74, 6) is -0.385. The standard InChI is InChI=1S/C21H25BrN2O3S/c1-15-6-9-19(13-16(15)2)23(3)21(25)17-5-4-12-24(14-17)28(26,27)20-10-7-18(22)8-11-20/h6-11,13,17H,4-5,12,14H2,1-3H3. The molecule has 1 amide bonds. The van der Waals surface area contributed by atoms with E-state index in [0.717, 1.165) is 15.7 Å². The van der Waals surface area contributed by atoms with Crippen molar-refractivity contribution in [3.8, 4) is 0 Å². The molecule has 150 valence electrons. The smallest absolute Gasteiger partial charge is 0.243 e. The van der Waals surface area contributed by atoms with E-state index in [2.05, 4.69) is 15.9 Å². The topological polar surface area (TPSA) is 57.7 Å². The van der Waals surface area contributed by atoms with Crippen molar-refractivity contribution in [2.75, 3.05) is 25.0 Å². The Balaban J connectivity index is 1.77. The molecule has 0 bridgehead atoms. The lowest BCUT2D eigenvalue weighted by Gasteiger charge is -2.33. The van der Waals surface area contributed by atoms with Crippen molar-refractivity contribution in [2.24, 2.45) is 5.92 Å². The van der Waals surface area contributed by atoms with Crippen LogP contribution in [0.15, 0.2) is 51.8 Å². The van der Waals surface area contributed by atoms with Gasteiger partial charge in [0.15, 0.2) is 0 Å². The van der Waals surface area contributed by atoms with Gasteiger partial charge in [-0.2, -0.15) is 4.31 Å². The Bertz CT molecular complexity index is 974. The van der Waals surface area contributed by atoms with Gasteiger partial charge in [0.1, 0.15) is 0 Å². The molecule has 2 aromatic rings. The van der Waals surface area contributed by atoms with Gasteiger partial charge in [0.25, 0.3) is 0 Å². The average molecular weight is 465 g/mol. The fraction of sp³-hybridized carbons (Fsp3) is 0.381. The van der Waals surface area contributed by atoms with E-state index in [9.17, 15) is 13.2 Å². The molecule has 1 aliphatic heterocycles. The minimum absolute atomic E-state index is 0.0426. The van der Waals surface area contributed by atoms with Gasteiger partial charge in [0.05, 0.1) is 10.8 Å². The molecule has 0 saturated carbocycles. The van der Waals surface area contributed by atoms with Crippen LogP contribution in [0.2, 0.25) is 0 Å². The lowest BCUT2D eigenvalue weighted by Crippen LogP contribution is -2.45. The van der Waals surface area contributed by atoms with Gasteiger partial charge in [-0.25, -0.2) is 8.42 Å². The molecule has 2 aromatic carbocycles. The number of carbonyl (C=O) groups excluding carboxylic acids is 1. The number of rotatable bonds is 4. The molecule has 0 spiro atoms. The van der Waals surface area contributed by atoms with E-state index in [4.69, 9.17) is 0 Å². The Morgan fingerprint density at radius 2 is 1.79 bits per heavy atom. The lowest BCUT2D eigenvalue weighted by atomic mass is 9.98. The summed E-state index contributed by atoms with van der Waals surface area (Å²) in [5, 5.41) is 0. The third-order valence-corrected chi connectivity index (χ3v) is 7.80. The summed E-state index contributed by atoms with van der Waals surface area (Å²) < 4.78 is 28.2. The molecule has 1 unspecified atom stereocenters. The number of piperidine rings is 1. The summed E-state index contributed by atoms with van der Waals surface area (Å²) in [4.78, 5) is 14.9. The Kier molecular flexibility index (Phi) is 6.27. The second-order valence-electron chi connectivity index (χ2n) is 7.32. The van der Waals surface area contributed by atoms with Crippen LogP contribution in [0, 0.1) is 19.8 Å². The number of benzene rings is 2. The zero-order valence-corrected chi connectivity index (χ0v) is 18.8. The largest absolute Gasteiger partial charge is 0.315 e. The first-order valence-electron chi connectivity index (χ1n) is 9.30. The molecule has 5 nitrogen and oxygen atoms in total. The molecule has 28 heavy (non-hydrogen) atoms. The van der Waals surface area contributed by atoms with E-state index in [-0.39, 0.29) is 23.3 Å². The van der Waals surface area contributed by atoms with E-state index in [1.807, 2.05) is 32.0 Å². The molecule has 7 heteroatoms. The zero-order chi connectivity index (χ0) is 20.5. The van der Waals surface area contributed by atoms with Crippen LogP contribution in [0.4, 0.5) is 5.69 Å². The molecule has 1 saturated heterocycles. The van der Waals surface area contributed by atoms with Crippen LogP contribution >= 0.6 is 15.9 Å². The van der Waals surface area contributed by atoms with Crippen LogP contribution in [0.25, 0.3) is 0 Å². The van der Waals surface area contributed by atoms with Crippen LogP contribution in [0.1, 0.15) is 24.0 Å². The molecule has 1 aliphatic rings. The van der Waals surface area contributed by atoms with Crippen molar-refractivity contribution < 1.29 is 13.2 Å². The molecule has 0 N–H and O–H groups in total. The van der Waals surface area contributed by atoms with Crippen LogP contribution in [-0.2, 0) is 14.8 Å². The molecule has 1 atom stereocenters. The van der Waals surface area contributed by atoms with Crippen molar-refractivity contribution >= 4 is 37.5 Å². The minimum atomic E-state index is -3.61. The first-order valence-corrected chi connectivity index (χ1v) is 11.5. The quantitative estimate of drug-likeness (QED) is 0.683. The second kappa shape index (κ2) is 8.35. The third kappa shape index (κ3) is 4.31. The van der Waals surface area contributed by atoms with Gasteiger partial charge in [-0.1, -0.05) is 22.0 Å². The highest BCUT2D eigenvalue weighted by Gasteiger charge is 2.34. The summed E-state index contributed by atoms with van der Waals surface area (Å²) in [6.07, 6.45) is 1.37. The number of sulfonamides is 1.